The summed E-state index contributed by atoms with van der Waals surface area (Å²) < 4.78 is 0. The summed E-state index contributed by atoms with van der Waals surface area (Å²) in [5.74, 6) is 0.726. The molecule has 0 atom stereocenters. The van der Waals surface area contributed by atoms with E-state index in [0.29, 0.717) is 17.3 Å². The molecule has 3 N–H and O–H groups in total. The zero-order valence-electron chi connectivity index (χ0n) is 12.5. The summed E-state index contributed by atoms with van der Waals surface area (Å²) in [5.41, 5.74) is 5.56. The fourth-order valence-electron chi connectivity index (χ4n) is 3.74. The Labute approximate surface area is 128 Å². The molecule has 0 spiro atoms. The quantitative estimate of drug-likeness (QED) is 0.617. The summed E-state index contributed by atoms with van der Waals surface area (Å²) in [6.07, 6.45) is 13.4. The predicted molar refractivity (Wildman–Crippen MR) is 86.6 cm³/mol. The Balaban J connectivity index is 1.92. The highest BCUT2D eigenvalue weighted by Gasteiger charge is 2.35. The van der Waals surface area contributed by atoms with E-state index in [0.717, 1.165) is 25.7 Å². The lowest BCUT2D eigenvalue weighted by Gasteiger charge is -2.33. The molecule has 2 aliphatic carbocycles. The van der Waals surface area contributed by atoms with Crippen LogP contribution in [0.5, 0.6) is 0 Å². The molecule has 0 aromatic carbocycles. The maximum Gasteiger partial charge on any atom is 0.221 e. The summed E-state index contributed by atoms with van der Waals surface area (Å²) in [5, 5.41) is 3.21. The highest BCUT2D eigenvalue weighted by atomic mass is 32.1. The van der Waals surface area contributed by atoms with Gasteiger partial charge in [0, 0.05) is 6.42 Å². The van der Waals surface area contributed by atoms with Gasteiger partial charge in [-0.2, -0.15) is 0 Å². The third-order valence-electron chi connectivity index (χ3n) is 5.01. The first-order valence-corrected chi connectivity index (χ1v) is 8.64. The van der Waals surface area contributed by atoms with Crippen molar-refractivity contribution in [2.75, 3.05) is 0 Å². The summed E-state index contributed by atoms with van der Waals surface area (Å²) in [6, 6.07) is 0. The highest BCUT2D eigenvalue weighted by Crippen LogP contribution is 2.29. The molecule has 0 unspecified atom stereocenters. The molecule has 0 bridgehead atoms. The van der Waals surface area contributed by atoms with Gasteiger partial charge in [0.25, 0.3) is 0 Å². The van der Waals surface area contributed by atoms with Crippen molar-refractivity contribution in [3.63, 3.8) is 0 Å². The van der Waals surface area contributed by atoms with Gasteiger partial charge in [-0.15, -0.1) is 0 Å². The van der Waals surface area contributed by atoms with Crippen molar-refractivity contribution in [2.24, 2.45) is 11.7 Å². The second kappa shape index (κ2) is 7.39. The zero-order valence-corrected chi connectivity index (χ0v) is 13.3. The van der Waals surface area contributed by atoms with E-state index >= 15 is 0 Å². The van der Waals surface area contributed by atoms with Gasteiger partial charge in [-0.1, -0.05) is 57.2 Å². The standard InChI is InChI=1S/C16H28N2OS/c17-15(20)16(10-6-1-2-7-11-16)18-14(19)12-13-8-4-3-5-9-13/h13H,1-12H2,(H2,17,20)(H,18,19). The lowest BCUT2D eigenvalue weighted by atomic mass is 9.85. The van der Waals surface area contributed by atoms with E-state index in [2.05, 4.69) is 5.32 Å². The van der Waals surface area contributed by atoms with Crippen LogP contribution in [0.4, 0.5) is 0 Å². The fourth-order valence-corrected chi connectivity index (χ4v) is 3.99. The van der Waals surface area contributed by atoms with Crippen LogP contribution < -0.4 is 11.1 Å². The molecule has 114 valence electrons. The van der Waals surface area contributed by atoms with Crippen LogP contribution in [0.1, 0.15) is 77.0 Å². The van der Waals surface area contributed by atoms with Crippen molar-refractivity contribution >= 4 is 23.1 Å². The number of carbonyl (C=O) groups is 1. The average Bonchev–Trinajstić information content (AvgIpc) is 2.66. The third-order valence-corrected chi connectivity index (χ3v) is 5.40. The average molecular weight is 296 g/mol. The Morgan fingerprint density at radius 2 is 1.60 bits per heavy atom. The Morgan fingerprint density at radius 3 is 2.15 bits per heavy atom. The molecule has 2 aliphatic rings. The van der Waals surface area contributed by atoms with Gasteiger partial charge < -0.3 is 11.1 Å². The number of amides is 1. The smallest absolute Gasteiger partial charge is 0.221 e. The van der Waals surface area contributed by atoms with Gasteiger partial charge in [-0.05, 0) is 31.6 Å². The molecule has 2 fully saturated rings. The minimum Gasteiger partial charge on any atom is -0.391 e. The van der Waals surface area contributed by atoms with E-state index in [4.69, 9.17) is 18.0 Å². The summed E-state index contributed by atoms with van der Waals surface area (Å²) in [7, 11) is 0. The second-order valence-electron chi connectivity index (χ2n) is 6.62. The Bertz CT molecular complexity index is 342. The van der Waals surface area contributed by atoms with Crippen molar-refractivity contribution in [2.45, 2.75) is 82.6 Å². The number of nitrogens with one attached hydrogen (secondary N) is 1. The zero-order chi connectivity index (χ0) is 14.4. The molecule has 1 amide bonds. The molecule has 0 aromatic rings. The van der Waals surface area contributed by atoms with E-state index < -0.39 is 5.54 Å². The summed E-state index contributed by atoms with van der Waals surface area (Å²) >= 11 is 5.27. The molecule has 0 aromatic heterocycles. The molecule has 4 heteroatoms. The first kappa shape index (κ1) is 15.7. The topological polar surface area (TPSA) is 55.1 Å². The largest absolute Gasteiger partial charge is 0.391 e. The van der Waals surface area contributed by atoms with Crippen LogP contribution in [0.3, 0.4) is 0 Å². The second-order valence-corrected chi connectivity index (χ2v) is 7.06. The molecular formula is C16H28N2OS. The van der Waals surface area contributed by atoms with E-state index in [9.17, 15) is 4.79 Å². The number of nitrogens with two attached hydrogens (primary N) is 1. The molecular weight excluding hydrogens is 268 g/mol. The predicted octanol–water partition coefficient (Wildman–Crippen LogP) is 3.45. The van der Waals surface area contributed by atoms with Gasteiger partial charge in [0.05, 0.1) is 10.5 Å². The monoisotopic (exact) mass is 296 g/mol. The van der Waals surface area contributed by atoms with Crippen molar-refractivity contribution in [1.82, 2.24) is 5.32 Å². The summed E-state index contributed by atoms with van der Waals surface area (Å²) in [4.78, 5) is 12.9. The molecule has 0 saturated heterocycles. The van der Waals surface area contributed by atoms with Gasteiger partial charge >= 0.3 is 0 Å². The van der Waals surface area contributed by atoms with Crippen LogP contribution in [-0.2, 0) is 4.79 Å². The van der Waals surface area contributed by atoms with Gasteiger partial charge in [0.15, 0.2) is 0 Å². The Kier molecular flexibility index (Phi) is 5.82. The van der Waals surface area contributed by atoms with Gasteiger partial charge in [-0.3, -0.25) is 4.79 Å². The highest BCUT2D eigenvalue weighted by molar-refractivity contribution is 7.80. The van der Waals surface area contributed by atoms with Crippen LogP contribution in [0.15, 0.2) is 0 Å². The molecule has 0 radical (unpaired) electrons. The molecule has 2 rings (SSSR count). The normalized spacial score (nSPS) is 23.8. The Hall–Kier alpha value is -0.640. The molecule has 0 aliphatic heterocycles. The van der Waals surface area contributed by atoms with Gasteiger partial charge in [-0.25, -0.2) is 0 Å². The number of hydrogen-bond donors (Lipinski definition) is 2. The van der Waals surface area contributed by atoms with Crippen LogP contribution in [-0.4, -0.2) is 16.4 Å². The fraction of sp³-hybridized carbons (Fsp3) is 0.875. The minimum atomic E-state index is -0.405. The van der Waals surface area contributed by atoms with E-state index in [1.54, 1.807) is 0 Å². The number of carbonyl (C=O) groups excluding carboxylic acids is 1. The number of thiocarbonyl (C=S) groups is 1. The van der Waals surface area contributed by atoms with Crippen LogP contribution in [0, 0.1) is 5.92 Å². The van der Waals surface area contributed by atoms with Gasteiger partial charge in [0.1, 0.15) is 0 Å². The van der Waals surface area contributed by atoms with Crippen molar-refractivity contribution in [1.29, 1.82) is 0 Å². The lowest BCUT2D eigenvalue weighted by Crippen LogP contribution is -2.56. The summed E-state index contributed by atoms with van der Waals surface area (Å²) in [6.45, 7) is 0. The number of rotatable bonds is 4. The van der Waals surface area contributed by atoms with E-state index in [-0.39, 0.29) is 5.91 Å². The van der Waals surface area contributed by atoms with Crippen molar-refractivity contribution in [3.05, 3.63) is 0 Å². The van der Waals surface area contributed by atoms with Crippen LogP contribution >= 0.6 is 12.2 Å². The van der Waals surface area contributed by atoms with E-state index in [1.165, 1.54) is 44.9 Å². The van der Waals surface area contributed by atoms with Crippen LogP contribution in [0.25, 0.3) is 0 Å². The van der Waals surface area contributed by atoms with E-state index in [1.807, 2.05) is 0 Å². The first-order chi connectivity index (χ1) is 9.62. The lowest BCUT2D eigenvalue weighted by molar-refractivity contribution is -0.123. The molecule has 3 nitrogen and oxygen atoms in total. The first-order valence-electron chi connectivity index (χ1n) is 8.23. The van der Waals surface area contributed by atoms with Crippen molar-refractivity contribution in [3.8, 4) is 0 Å². The molecule has 2 saturated carbocycles. The Morgan fingerprint density at radius 1 is 1.05 bits per heavy atom. The SMILES string of the molecule is NC(=S)C1(NC(=O)CC2CCCCC2)CCCCCC1. The third kappa shape index (κ3) is 4.18. The van der Waals surface area contributed by atoms with Crippen molar-refractivity contribution < 1.29 is 4.79 Å². The maximum atomic E-state index is 12.4. The minimum absolute atomic E-state index is 0.159. The molecule has 0 heterocycles. The number of hydrogen-bond acceptors (Lipinski definition) is 2. The maximum absolute atomic E-state index is 12.4. The van der Waals surface area contributed by atoms with Crippen LogP contribution in [0.2, 0.25) is 0 Å². The van der Waals surface area contributed by atoms with Gasteiger partial charge in [0.2, 0.25) is 5.91 Å². The molecule has 20 heavy (non-hydrogen) atoms.